The Hall–Kier alpha value is -3.33. The van der Waals surface area contributed by atoms with E-state index in [1.165, 1.54) is 6.07 Å². The van der Waals surface area contributed by atoms with E-state index in [1.807, 2.05) is 18.2 Å². The van der Waals surface area contributed by atoms with Gasteiger partial charge in [0, 0.05) is 60.1 Å². The lowest BCUT2D eigenvalue weighted by molar-refractivity contribution is -0.131. The Balaban J connectivity index is 1.19. The van der Waals surface area contributed by atoms with E-state index in [2.05, 4.69) is 4.90 Å². The molecule has 1 N–H and O–H groups in total. The fraction of sp³-hybridized carbons (Fsp3) is 0.387. The topological polar surface area (TPSA) is 84.8 Å². The van der Waals surface area contributed by atoms with Gasteiger partial charge >= 0.3 is 5.97 Å². The van der Waals surface area contributed by atoms with Crippen molar-refractivity contribution >= 4 is 23.6 Å². The average molecular weight is 566 g/mol. The molecule has 40 heavy (non-hydrogen) atoms. The van der Waals surface area contributed by atoms with Crippen LogP contribution in [0, 0.1) is 5.82 Å². The third-order valence-electron chi connectivity index (χ3n) is 7.49. The second-order valence-corrected chi connectivity index (χ2v) is 10.8. The highest BCUT2D eigenvalue weighted by Gasteiger charge is 2.24. The minimum absolute atomic E-state index is 0.0873. The van der Waals surface area contributed by atoms with Crippen molar-refractivity contribution in [3.8, 4) is 5.88 Å². The standard InChI is InChI=1S/C31H33ClFN3O4/c32-25-8-7-23(27(33)17-25)20-40-30-5-1-4-28(35-30)22-10-12-36(13-11-22)19-29-24(16-26-3-2-14-39-26)15-21(18-34-29)6-9-31(37)38/h1,4-9,15,17-18,22,26H,2-3,10-14,16,19-20H2,(H,37,38)/b9-6+. The number of pyridine rings is 2. The van der Waals surface area contributed by atoms with Crippen molar-refractivity contribution in [2.75, 3.05) is 19.7 Å². The van der Waals surface area contributed by atoms with Crippen molar-refractivity contribution in [1.82, 2.24) is 14.9 Å². The summed E-state index contributed by atoms with van der Waals surface area (Å²) in [5.41, 5.74) is 4.34. The molecule has 4 heterocycles. The summed E-state index contributed by atoms with van der Waals surface area (Å²) in [4.78, 5) is 22.8. The van der Waals surface area contributed by atoms with Gasteiger partial charge in [-0.15, -0.1) is 0 Å². The number of rotatable bonds is 10. The molecule has 3 aromatic rings. The molecule has 0 spiro atoms. The van der Waals surface area contributed by atoms with Gasteiger partial charge in [0.1, 0.15) is 12.4 Å². The van der Waals surface area contributed by atoms with Gasteiger partial charge in [-0.05, 0) is 80.2 Å². The van der Waals surface area contributed by atoms with Crippen molar-refractivity contribution < 1.29 is 23.8 Å². The van der Waals surface area contributed by atoms with E-state index in [4.69, 9.17) is 36.1 Å². The number of aliphatic carboxylic acids is 1. The molecule has 0 amide bonds. The van der Waals surface area contributed by atoms with Crippen LogP contribution in [-0.4, -0.2) is 51.7 Å². The van der Waals surface area contributed by atoms with E-state index in [-0.39, 0.29) is 12.7 Å². The van der Waals surface area contributed by atoms with Crippen molar-refractivity contribution in [3.05, 3.63) is 93.7 Å². The maximum atomic E-state index is 14.1. The Morgan fingerprint density at radius 2 is 2.02 bits per heavy atom. The zero-order valence-corrected chi connectivity index (χ0v) is 23.0. The Bertz CT molecular complexity index is 1350. The summed E-state index contributed by atoms with van der Waals surface area (Å²) >= 11 is 5.84. The first-order chi connectivity index (χ1) is 19.4. The van der Waals surface area contributed by atoms with Crippen molar-refractivity contribution in [3.63, 3.8) is 0 Å². The van der Waals surface area contributed by atoms with Gasteiger partial charge in [-0.25, -0.2) is 14.2 Å². The smallest absolute Gasteiger partial charge is 0.328 e. The van der Waals surface area contributed by atoms with Crippen LogP contribution in [0.5, 0.6) is 5.88 Å². The van der Waals surface area contributed by atoms with E-state index in [1.54, 1.807) is 30.5 Å². The van der Waals surface area contributed by atoms with Crippen molar-refractivity contribution in [2.24, 2.45) is 0 Å². The first-order valence-electron chi connectivity index (χ1n) is 13.7. The normalized spacial score (nSPS) is 18.4. The van der Waals surface area contributed by atoms with Gasteiger partial charge in [0.25, 0.3) is 0 Å². The van der Waals surface area contributed by atoms with Crippen LogP contribution in [0.2, 0.25) is 5.02 Å². The van der Waals surface area contributed by atoms with Gasteiger partial charge in [0.15, 0.2) is 0 Å². The van der Waals surface area contributed by atoms with Crippen LogP contribution in [0.3, 0.4) is 0 Å². The van der Waals surface area contributed by atoms with Gasteiger partial charge in [0.05, 0.1) is 11.8 Å². The largest absolute Gasteiger partial charge is 0.478 e. The van der Waals surface area contributed by atoms with E-state index in [0.29, 0.717) is 22.4 Å². The van der Waals surface area contributed by atoms with E-state index >= 15 is 0 Å². The number of ether oxygens (including phenoxy) is 2. The molecule has 7 nitrogen and oxygen atoms in total. The molecule has 1 aromatic carbocycles. The highest BCUT2D eigenvalue weighted by Crippen LogP contribution is 2.30. The van der Waals surface area contributed by atoms with Crippen LogP contribution in [-0.2, 0) is 29.1 Å². The van der Waals surface area contributed by atoms with Crippen LogP contribution in [0.25, 0.3) is 6.08 Å². The number of halogens is 2. The fourth-order valence-corrected chi connectivity index (χ4v) is 5.47. The summed E-state index contributed by atoms with van der Waals surface area (Å²) in [5, 5.41) is 9.35. The van der Waals surface area contributed by atoms with Gasteiger partial charge in [-0.1, -0.05) is 23.7 Å². The molecule has 2 fully saturated rings. The lowest BCUT2D eigenvalue weighted by atomic mass is 9.92. The van der Waals surface area contributed by atoms with Crippen molar-refractivity contribution in [1.29, 1.82) is 0 Å². The monoisotopic (exact) mass is 565 g/mol. The highest BCUT2D eigenvalue weighted by atomic mass is 35.5. The molecule has 210 valence electrons. The molecule has 5 rings (SSSR count). The molecule has 2 aromatic heterocycles. The minimum atomic E-state index is -0.977. The first kappa shape index (κ1) is 28.2. The van der Waals surface area contributed by atoms with Gasteiger partial charge < -0.3 is 14.6 Å². The number of likely N-dealkylation sites (tertiary alicyclic amines) is 1. The van der Waals surface area contributed by atoms with Gasteiger partial charge in [0.2, 0.25) is 5.88 Å². The van der Waals surface area contributed by atoms with Crippen molar-refractivity contribution in [2.45, 2.75) is 57.3 Å². The SMILES string of the molecule is O=C(O)/C=C/c1cnc(CN2CCC(c3cccc(OCc4ccc(Cl)cc4F)n3)CC2)c(CC2CCCO2)c1. The Labute approximate surface area is 238 Å². The third kappa shape index (κ3) is 7.65. The maximum absolute atomic E-state index is 14.1. The molecule has 1 atom stereocenters. The summed E-state index contributed by atoms with van der Waals surface area (Å²) in [6, 6.07) is 12.4. The average Bonchev–Trinajstić information content (AvgIpc) is 3.46. The second-order valence-electron chi connectivity index (χ2n) is 10.4. The Morgan fingerprint density at radius 3 is 2.77 bits per heavy atom. The minimum Gasteiger partial charge on any atom is -0.478 e. The molecule has 9 heteroatoms. The van der Waals surface area contributed by atoms with E-state index in [9.17, 15) is 9.18 Å². The maximum Gasteiger partial charge on any atom is 0.328 e. The number of hydrogen-bond donors (Lipinski definition) is 1. The number of aromatic nitrogens is 2. The zero-order valence-electron chi connectivity index (χ0n) is 22.3. The van der Waals surface area contributed by atoms with Crippen LogP contribution in [0.4, 0.5) is 4.39 Å². The fourth-order valence-electron chi connectivity index (χ4n) is 5.31. The van der Waals surface area contributed by atoms with E-state index < -0.39 is 11.8 Å². The molecular weight excluding hydrogens is 533 g/mol. The van der Waals surface area contributed by atoms with Crippen LogP contribution >= 0.6 is 11.6 Å². The number of hydrogen-bond acceptors (Lipinski definition) is 6. The third-order valence-corrected chi connectivity index (χ3v) is 7.72. The number of nitrogens with zero attached hydrogens (tertiary/aromatic N) is 3. The zero-order chi connectivity index (χ0) is 27.9. The van der Waals surface area contributed by atoms with Gasteiger partial charge in [-0.2, -0.15) is 0 Å². The second kappa shape index (κ2) is 13.4. The Morgan fingerprint density at radius 1 is 1.18 bits per heavy atom. The highest BCUT2D eigenvalue weighted by molar-refractivity contribution is 6.30. The quantitative estimate of drug-likeness (QED) is 0.300. The number of carboxylic acids is 1. The summed E-state index contributed by atoms with van der Waals surface area (Å²) in [7, 11) is 0. The summed E-state index contributed by atoms with van der Waals surface area (Å²) in [5.74, 6) is -0.574. The summed E-state index contributed by atoms with van der Waals surface area (Å²) in [6.45, 7) is 3.44. The lowest BCUT2D eigenvalue weighted by Gasteiger charge is -2.32. The molecule has 0 bridgehead atoms. The predicted octanol–water partition coefficient (Wildman–Crippen LogP) is 6.05. The molecule has 2 aliphatic rings. The lowest BCUT2D eigenvalue weighted by Crippen LogP contribution is -2.33. The number of carboxylic acid groups (broad SMARTS) is 1. The number of piperidine rings is 1. The molecule has 2 saturated heterocycles. The molecular formula is C31H33ClFN3O4. The predicted molar refractivity (Wildman–Crippen MR) is 151 cm³/mol. The van der Waals surface area contributed by atoms with Gasteiger partial charge in [-0.3, -0.25) is 9.88 Å². The number of benzene rings is 1. The number of carbonyl (C=O) groups is 1. The first-order valence-corrected chi connectivity index (χ1v) is 14.1. The Kier molecular flexibility index (Phi) is 9.41. The summed E-state index contributed by atoms with van der Waals surface area (Å²) < 4.78 is 25.8. The molecule has 2 aliphatic heterocycles. The van der Waals surface area contributed by atoms with Crippen LogP contribution in [0.1, 0.15) is 59.7 Å². The van der Waals surface area contributed by atoms with Crippen LogP contribution < -0.4 is 4.74 Å². The van der Waals surface area contributed by atoms with Crippen LogP contribution in [0.15, 0.2) is 54.7 Å². The summed E-state index contributed by atoms with van der Waals surface area (Å²) in [6.07, 6.45) is 9.45. The molecule has 0 aliphatic carbocycles. The van der Waals surface area contributed by atoms with E-state index in [0.717, 1.165) is 86.9 Å². The molecule has 1 unspecified atom stereocenters. The molecule has 0 radical (unpaired) electrons. The molecule has 0 saturated carbocycles.